The Hall–Kier alpha value is -2.31. The van der Waals surface area contributed by atoms with Crippen LogP contribution in [0.2, 0.25) is 0 Å². The molecule has 0 aromatic carbocycles. The van der Waals surface area contributed by atoms with Crippen molar-refractivity contribution < 1.29 is 14.7 Å². The van der Waals surface area contributed by atoms with Crippen LogP contribution < -0.4 is 10.6 Å². The molecule has 1 aromatic rings. The summed E-state index contributed by atoms with van der Waals surface area (Å²) >= 11 is 0. The Kier molecular flexibility index (Phi) is 5.43. The summed E-state index contributed by atoms with van der Waals surface area (Å²) in [7, 11) is 0. The van der Waals surface area contributed by atoms with E-state index in [0.717, 1.165) is 6.42 Å². The highest BCUT2D eigenvalue weighted by atomic mass is 16.4. The average molecular weight is 252 g/mol. The SMILES string of the molecule is C=CCCNC(=O)NCCn1cnc(C(=O)O)c1. The highest BCUT2D eigenvalue weighted by molar-refractivity contribution is 5.84. The van der Waals surface area contributed by atoms with Gasteiger partial charge >= 0.3 is 12.0 Å². The standard InChI is InChI=1S/C11H16N4O3/c1-2-3-4-12-11(18)13-5-6-15-7-9(10(16)17)14-8-15/h2,7-8H,1,3-6H2,(H,16,17)(H2,12,13,18). The third-order valence-electron chi connectivity index (χ3n) is 2.14. The lowest BCUT2D eigenvalue weighted by molar-refractivity contribution is 0.0691. The molecule has 0 unspecified atom stereocenters. The van der Waals surface area contributed by atoms with Crippen molar-refractivity contribution in [3.05, 3.63) is 30.9 Å². The number of imidazole rings is 1. The van der Waals surface area contributed by atoms with Gasteiger partial charge in [-0.3, -0.25) is 0 Å². The second-order valence-electron chi connectivity index (χ2n) is 3.56. The van der Waals surface area contributed by atoms with Gasteiger partial charge in [-0.15, -0.1) is 6.58 Å². The lowest BCUT2D eigenvalue weighted by Crippen LogP contribution is -2.37. The zero-order valence-electron chi connectivity index (χ0n) is 9.93. The first-order valence-corrected chi connectivity index (χ1v) is 5.51. The smallest absolute Gasteiger partial charge is 0.356 e. The van der Waals surface area contributed by atoms with Gasteiger partial charge in [0.05, 0.1) is 6.33 Å². The maximum atomic E-state index is 11.2. The summed E-state index contributed by atoms with van der Waals surface area (Å²) in [6.07, 6.45) is 5.27. The fourth-order valence-corrected chi connectivity index (χ4v) is 1.24. The van der Waals surface area contributed by atoms with Gasteiger partial charge < -0.3 is 20.3 Å². The van der Waals surface area contributed by atoms with Crippen LogP contribution in [0.5, 0.6) is 0 Å². The number of nitrogens with one attached hydrogen (secondary N) is 2. The van der Waals surface area contributed by atoms with Crippen LogP contribution in [0, 0.1) is 0 Å². The molecule has 98 valence electrons. The highest BCUT2D eigenvalue weighted by Gasteiger charge is 2.06. The number of aromatic carboxylic acids is 1. The molecule has 18 heavy (non-hydrogen) atoms. The van der Waals surface area contributed by atoms with E-state index >= 15 is 0 Å². The molecule has 0 saturated carbocycles. The van der Waals surface area contributed by atoms with E-state index in [1.807, 2.05) is 0 Å². The van der Waals surface area contributed by atoms with Gasteiger partial charge in [-0.25, -0.2) is 14.6 Å². The number of amides is 2. The minimum atomic E-state index is -1.07. The van der Waals surface area contributed by atoms with Crippen molar-refractivity contribution in [3.63, 3.8) is 0 Å². The molecule has 0 atom stereocenters. The van der Waals surface area contributed by atoms with Crippen LogP contribution in [-0.4, -0.2) is 39.7 Å². The van der Waals surface area contributed by atoms with Crippen molar-refractivity contribution in [3.8, 4) is 0 Å². The second-order valence-corrected chi connectivity index (χ2v) is 3.56. The van der Waals surface area contributed by atoms with Crippen LogP contribution in [0.4, 0.5) is 4.79 Å². The first-order chi connectivity index (χ1) is 8.63. The number of rotatable bonds is 7. The zero-order chi connectivity index (χ0) is 13.4. The van der Waals surface area contributed by atoms with Crippen LogP contribution in [0.1, 0.15) is 16.9 Å². The topological polar surface area (TPSA) is 96.3 Å². The Labute approximate surface area is 105 Å². The molecule has 7 nitrogen and oxygen atoms in total. The van der Waals surface area contributed by atoms with Crippen molar-refractivity contribution in [2.24, 2.45) is 0 Å². The summed E-state index contributed by atoms with van der Waals surface area (Å²) in [5.74, 6) is -1.07. The predicted octanol–water partition coefficient (Wildman–Crippen LogP) is 0.457. The Morgan fingerprint density at radius 2 is 2.17 bits per heavy atom. The number of carbonyl (C=O) groups is 2. The largest absolute Gasteiger partial charge is 0.476 e. The van der Waals surface area contributed by atoms with Crippen LogP contribution in [0.25, 0.3) is 0 Å². The lowest BCUT2D eigenvalue weighted by atomic mass is 10.4. The fraction of sp³-hybridized carbons (Fsp3) is 0.364. The minimum absolute atomic E-state index is 0.00886. The first kappa shape index (κ1) is 13.8. The Morgan fingerprint density at radius 1 is 1.44 bits per heavy atom. The van der Waals surface area contributed by atoms with Crippen molar-refractivity contribution in [1.82, 2.24) is 20.2 Å². The number of carbonyl (C=O) groups excluding carboxylic acids is 1. The van der Waals surface area contributed by atoms with Gasteiger partial charge in [-0.05, 0) is 6.42 Å². The van der Waals surface area contributed by atoms with E-state index in [9.17, 15) is 9.59 Å². The van der Waals surface area contributed by atoms with Gasteiger partial charge in [0.15, 0.2) is 5.69 Å². The summed E-state index contributed by atoms with van der Waals surface area (Å²) in [5.41, 5.74) is -0.00886. The molecule has 0 aliphatic heterocycles. The van der Waals surface area contributed by atoms with E-state index in [1.165, 1.54) is 12.5 Å². The third kappa shape index (κ3) is 4.69. The van der Waals surface area contributed by atoms with Gasteiger partial charge in [0.1, 0.15) is 0 Å². The molecule has 7 heteroatoms. The average Bonchev–Trinajstić information content (AvgIpc) is 2.78. The minimum Gasteiger partial charge on any atom is -0.476 e. The summed E-state index contributed by atoms with van der Waals surface area (Å²) < 4.78 is 1.60. The van der Waals surface area contributed by atoms with Crippen LogP contribution in [0.15, 0.2) is 25.2 Å². The molecule has 1 heterocycles. The number of hydrogen-bond acceptors (Lipinski definition) is 3. The van der Waals surface area contributed by atoms with Crippen LogP contribution in [-0.2, 0) is 6.54 Å². The summed E-state index contributed by atoms with van der Waals surface area (Å²) in [6.45, 7) is 4.96. The molecule has 0 aliphatic rings. The van der Waals surface area contributed by atoms with Gasteiger partial charge in [0.25, 0.3) is 0 Å². The molecular formula is C11H16N4O3. The monoisotopic (exact) mass is 252 g/mol. The number of carboxylic acid groups (broad SMARTS) is 1. The molecule has 0 saturated heterocycles. The van der Waals surface area contributed by atoms with Gasteiger partial charge in [-0.2, -0.15) is 0 Å². The van der Waals surface area contributed by atoms with Crippen molar-refractivity contribution in [2.75, 3.05) is 13.1 Å². The van der Waals surface area contributed by atoms with Gasteiger partial charge in [0, 0.05) is 25.8 Å². The lowest BCUT2D eigenvalue weighted by Gasteiger charge is -2.06. The van der Waals surface area contributed by atoms with E-state index in [-0.39, 0.29) is 11.7 Å². The quantitative estimate of drug-likeness (QED) is 0.485. The first-order valence-electron chi connectivity index (χ1n) is 5.51. The Balaban J connectivity index is 2.22. The maximum absolute atomic E-state index is 11.2. The molecule has 0 radical (unpaired) electrons. The molecule has 3 N–H and O–H groups in total. The number of nitrogens with zero attached hydrogens (tertiary/aromatic N) is 2. The third-order valence-corrected chi connectivity index (χ3v) is 2.14. The predicted molar refractivity (Wildman–Crippen MR) is 65.4 cm³/mol. The molecule has 1 rings (SSSR count). The van der Waals surface area contributed by atoms with Crippen molar-refractivity contribution >= 4 is 12.0 Å². The highest BCUT2D eigenvalue weighted by Crippen LogP contribution is 1.95. The van der Waals surface area contributed by atoms with Crippen LogP contribution in [0.3, 0.4) is 0 Å². The summed E-state index contributed by atoms with van der Waals surface area (Å²) in [4.78, 5) is 25.5. The summed E-state index contributed by atoms with van der Waals surface area (Å²) in [5, 5.41) is 14.0. The van der Waals surface area contributed by atoms with E-state index in [2.05, 4.69) is 22.2 Å². The second kappa shape index (κ2) is 7.10. The molecule has 0 spiro atoms. The number of hydrogen-bond donors (Lipinski definition) is 3. The van der Waals surface area contributed by atoms with E-state index in [0.29, 0.717) is 19.6 Å². The number of aromatic nitrogens is 2. The van der Waals surface area contributed by atoms with Gasteiger partial charge in [-0.1, -0.05) is 6.08 Å². The van der Waals surface area contributed by atoms with Crippen molar-refractivity contribution in [2.45, 2.75) is 13.0 Å². The molecule has 0 aliphatic carbocycles. The Bertz CT molecular complexity index is 428. The summed E-state index contributed by atoms with van der Waals surface area (Å²) in [6, 6.07) is -0.254. The molecule has 2 amide bonds. The maximum Gasteiger partial charge on any atom is 0.356 e. The normalized spacial score (nSPS) is 9.78. The van der Waals surface area contributed by atoms with Gasteiger partial charge in [0.2, 0.25) is 0 Å². The molecular weight excluding hydrogens is 236 g/mol. The number of urea groups is 1. The Morgan fingerprint density at radius 3 is 2.78 bits per heavy atom. The van der Waals surface area contributed by atoms with E-state index in [4.69, 9.17) is 5.11 Å². The number of carboxylic acids is 1. The van der Waals surface area contributed by atoms with Crippen LogP contribution >= 0.6 is 0 Å². The fourth-order valence-electron chi connectivity index (χ4n) is 1.24. The molecule has 1 aromatic heterocycles. The van der Waals surface area contributed by atoms with Crippen molar-refractivity contribution in [1.29, 1.82) is 0 Å². The molecule has 0 fully saturated rings. The molecule has 0 bridgehead atoms. The van der Waals surface area contributed by atoms with E-state index in [1.54, 1.807) is 10.6 Å². The van der Waals surface area contributed by atoms with E-state index < -0.39 is 5.97 Å². The zero-order valence-corrected chi connectivity index (χ0v) is 9.93.